The minimum absolute atomic E-state index is 0. The van der Waals surface area contributed by atoms with Crippen LogP contribution < -0.4 is 0 Å². The first kappa shape index (κ1) is 35.6. The zero-order chi connectivity index (χ0) is 0. The van der Waals surface area contributed by atoms with Crippen molar-refractivity contribution in [3.63, 3.8) is 0 Å². The van der Waals surface area contributed by atoms with E-state index in [1.165, 1.54) is 0 Å². The van der Waals surface area contributed by atoms with E-state index >= 15 is 0 Å². The summed E-state index contributed by atoms with van der Waals surface area (Å²) in [6, 6.07) is 0. The second-order valence-corrected chi connectivity index (χ2v) is 0. The summed E-state index contributed by atoms with van der Waals surface area (Å²) < 4.78 is 0. The Morgan fingerprint density at radius 3 is 1.00 bits per heavy atom. The predicted molar refractivity (Wildman–Crippen MR) is 25.5 cm³/mol. The van der Waals surface area contributed by atoms with Crippen molar-refractivity contribution in [2.45, 2.75) is 0 Å². The van der Waals surface area contributed by atoms with Crippen molar-refractivity contribution >= 4 is 67.5 Å². The van der Waals surface area contributed by atoms with Crippen molar-refractivity contribution < 1.29 is 5.48 Å². The molecule has 0 aliphatic rings. The largest absolute Gasteiger partial charge is 0.412 e. The summed E-state index contributed by atoms with van der Waals surface area (Å²) in [6.07, 6.45) is 0. The average molecular weight is 197 g/mol. The molecule has 0 rings (SSSR count). The first-order valence-electron chi connectivity index (χ1n) is 0. The van der Waals surface area contributed by atoms with E-state index < -0.39 is 0 Å². The van der Waals surface area contributed by atoms with Crippen LogP contribution in [0.3, 0.4) is 0 Å². The number of hydrogen-bond acceptors (Lipinski definition) is 0. The van der Waals surface area contributed by atoms with Crippen LogP contribution in [0, 0.1) is 0 Å². The Labute approximate surface area is 72.0 Å². The Hall–Kier alpha value is 2.13. The van der Waals surface area contributed by atoms with Crippen molar-refractivity contribution in [1.82, 2.24) is 0 Å². The van der Waals surface area contributed by atoms with Crippen LogP contribution in [-0.4, -0.2) is 59.5 Å². The summed E-state index contributed by atoms with van der Waals surface area (Å²) >= 11 is 0. The Morgan fingerprint density at radius 1 is 1.00 bits per heavy atom. The molecule has 2 N–H and O–H groups in total. The van der Waals surface area contributed by atoms with Gasteiger partial charge in [-0.25, -0.2) is 0 Å². The zero-order valence-electron chi connectivity index (χ0n) is 2.45. The van der Waals surface area contributed by atoms with Gasteiger partial charge in [-0.2, -0.15) is 13.5 Å². The van der Waals surface area contributed by atoms with Crippen molar-refractivity contribution in [2.75, 3.05) is 0 Å². The second-order valence-electron chi connectivity index (χ2n) is 0. The molecule has 0 amide bonds. The summed E-state index contributed by atoms with van der Waals surface area (Å²) in [7, 11) is 0. The Morgan fingerprint density at radius 2 is 1.00 bits per heavy atom. The van der Waals surface area contributed by atoms with E-state index in [0.29, 0.717) is 0 Å². The molecule has 0 fully saturated rings. The van der Waals surface area contributed by atoms with Gasteiger partial charge in [0.15, 0.2) is 0 Å². The minimum atomic E-state index is 0. The van der Waals surface area contributed by atoms with Gasteiger partial charge in [0.2, 0.25) is 0 Å². The van der Waals surface area contributed by atoms with Gasteiger partial charge >= 0.3 is 0 Å². The van der Waals surface area contributed by atoms with Crippen molar-refractivity contribution in [1.29, 1.82) is 0 Å². The van der Waals surface area contributed by atoms with E-state index in [9.17, 15) is 0 Å². The van der Waals surface area contributed by atoms with Crippen LogP contribution in [0.5, 0.6) is 0 Å². The van der Waals surface area contributed by atoms with Crippen LogP contribution in [0.25, 0.3) is 0 Å². The third-order valence-corrected chi connectivity index (χ3v) is 0. The van der Waals surface area contributed by atoms with E-state index in [-0.39, 0.29) is 73.0 Å². The van der Waals surface area contributed by atoms with Gasteiger partial charge in [0.1, 0.15) is 0 Å². The van der Waals surface area contributed by atoms with Crippen LogP contribution in [-0.2, 0) is 0 Å². The fourth-order valence-corrected chi connectivity index (χ4v) is 0. The van der Waals surface area contributed by atoms with Crippen LogP contribution >= 0.6 is 13.5 Å². The molecule has 0 unspecified atom stereocenters. The van der Waals surface area contributed by atoms with Crippen molar-refractivity contribution in [2.24, 2.45) is 0 Å². The SMILES string of the molecule is O.S.[Na].[Sb]. The van der Waals surface area contributed by atoms with Gasteiger partial charge in [-0.1, -0.05) is 0 Å². The molecule has 1 nitrogen and oxygen atoms in total. The van der Waals surface area contributed by atoms with E-state index in [2.05, 4.69) is 0 Å². The summed E-state index contributed by atoms with van der Waals surface area (Å²) in [5.74, 6) is 0. The summed E-state index contributed by atoms with van der Waals surface area (Å²) in [6.45, 7) is 0. The quantitative estimate of drug-likeness (QED) is 0.424. The first-order valence-corrected chi connectivity index (χ1v) is 0. The normalized spacial score (nSPS) is 0. The second kappa shape index (κ2) is 19.3. The maximum atomic E-state index is 0. The Balaban J connectivity index is 0. The van der Waals surface area contributed by atoms with Gasteiger partial charge in [0, 0.05) is 54.0 Å². The van der Waals surface area contributed by atoms with E-state index in [4.69, 9.17) is 0 Å². The molecule has 0 spiro atoms. The topological polar surface area (TPSA) is 31.5 Å². The molecule has 0 aliphatic heterocycles. The zero-order valence-corrected chi connectivity index (χ0v) is 8.00. The third kappa shape index (κ3) is 8.92. The molecule has 0 aromatic rings. The maximum Gasteiger partial charge on any atom is 0 e. The smallest absolute Gasteiger partial charge is 0 e. The van der Waals surface area contributed by atoms with Crippen molar-refractivity contribution in [3.05, 3.63) is 0 Å². The Bertz CT molecular complexity index is 8.00. The maximum absolute atomic E-state index is 0. The standard InChI is InChI=1S/Na.H2O.H2S.Sb/h;2*1H2;. The van der Waals surface area contributed by atoms with Gasteiger partial charge in [0.05, 0.1) is 0 Å². The van der Waals surface area contributed by atoms with Crippen LogP contribution in [0.2, 0.25) is 0 Å². The van der Waals surface area contributed by atoms with Gasteiger partial charge in [-0.15, -0.1) is 0 Å². The molecule has 0 heterocycles. The summed E-state index contributed by atoms with van der Waals surface area (Å²) in [5, 5.41) is 0. The molecule has 0 aromatic heterocycles. The molecule has 0 bridgehead atoms. The molecular formula is H4NaOSSb. The molecule has 4 radical (unpaired) electrons. The predicted octanol–water partition coefficient (Wildman–Crippen LogP) is -1.47. The fraction of sp³-hybridized carbons (Fsp3) is 0. The molecule has 0 atom stereocenters. The molecule has 0 saturated heterocycles. The molecule has 0 saturated carbocycles. The number of rotatable bonds is 0. The van der Waals surface area contributed by atoms with E-state index in [0.717, 1.165) is 0 Å². The van der Waals surface area contributed by atoms with Crippen molar-refractivity contribution in [3.8, 4) is 0 Å². The molecule has 4 heavy (non-hydrogen) atoms. The monoisotopic (exact) mass is 196 g/mol. The summed E-state index contributed by atoms with van der Waals surface area (Å²) in [4.78, 5) is 0. The average Bonchev–Trinajstić information content (AvgIpc) is 0. The van der Waals surface area contributed by atoms with E-state index in [1.807, 2.05) is 0 Å². The Kier molecular flexibility index (Phi) is 172. The van der Waals surface area contributed by atoms with Crippen LogP contribution in [0.4, 0.5) is 0 Å². The summed E-state index contributed by atoms with van der Waals surface area (Å²) in [5.41, 5.74) is 0. The number of hydrogen-bond donors (Lipinski definition) is 0. The molecule has 4 heteroatoms. The van der Waals surface area contributed by atoms with Crippen LogP contribution in [0.1, 0.15) is 0 Å². The van der Waals surface area contributed by atoms with Gasteiger partial charge in [0.25, 0.3) is 0 Å². The van der Waals surface area contributed by atoms with Crippen LogP contribution in [0.15, 0.2) is 0 Å². The van der Waals surface area contributed by atoms with E-state index in [1.54, 1.807) is 0 Å². The molecule has 0 aromatic carbocycles. The minimum Gasteiger partial charge on any atom is -0.412 e. The molecule has 0 aliphatic carbocycles. The molecule has 22 valence electrons. The van der Waals surface area contributed by atoms with Gasteiger partial charge in [-0.3, -0.25) is 0 Å². The fourth-order valence-electron chi connectivity index (χ4n) is 0. The molecular weight excluding hydrogens is 193 g/mol. The van der Waals surface area contributed by atoms with Gasteiger partial charge in [-0.05, 0) is 0 Å². The van der Waals surface area contributed by atoms with Gasteiger partial charge < -0.3 is 5.48 Å². The third-order valence-electron chi connectivity index (χ3n) is 0. The first-order chi connectivity index (χ1) is 0.